The van der Waals surface area contributed by atoms with Crippen molar-refractivity contribution >= 4 is 20.3 Å². The first kappa shape index (κ1) is 48.3. The van der Waals surface area contributed by atoms with E-state index in [1.54, 1.807) is 12.2 Å². The molecule has 7 rings (SSSR count). The van der Waals surface area contributed by atoms with Gasteiger partial charge in [0.05, 0.1) is 30.8 Å². The van der Waals surface area contributed by atoms with Gasteiger partial charge in [0.15, 0.2) is 6.29 Å². The molecule has 2 aliphatic heterocycles. The maximum Gasteiger partial charge on any atom is 0.416 e. The minimum absolute atomic E-state index is 0.0298. The second-order valence-corrected chi connectivity index (χ2v) is 23.6. The lowest BCUT2D eigenvalue weighted by atomic mass is 9.80. The van der Waals surface area contributed by atoms with Crippen LogP contribution in [0.15, 0.2) is 170 Å². The lowest BCUT2D eigenvalue weighted by Gasteiger charge is -2.38. The quantitative estimate of drug-likeness (QED) is 0.0496. The summed E-state index contributed by atoms with van der Waals surface area (Å²) >= 11 is 0. The molecule has 0 radical (unpaired) electrons. The van der Waals surface area contributed by atoms with Gasteiger partial charge >= 0.3 is 6.09 Å². The summed E-state index contributed by atoms with van der Waals surface area (Å²) in [5, 5.41) is 12.0. The lowest BCUT2D eigenvalue weighted by molar-refractivity contribution is -0.136. The van der Waals surface area contributed by atoms with Crippen LogP contribution in [0.3, 0.4) is 0 Å². The number of amides is 2. The summed E-state index contributed by atoms with van der Waals surface area (Å²) in [6.45, 7) is 17.3. The number of aliphatic hydroxyl groups is 1. The molecule has 0 saturated carbocycles. The average molecular weight is 908 g/mol. The number of benzene rings is 5. The number of nitrogens with zero attached hydrogens (tertiary/aromatic N) is 1. The van der Waals surface area contributed by atoms with Gasteiger partial charge in [0, 0.05) is 12.0 Å². The second-order valence-electron chi connectivity index (χ2n) is 18.9. The molecule has 6 atom stereocenters. The van der Waals surface area contributed by atoms with Crippen LogP contribution in [-0.4, -0.2) is 67.4 Å². The fourth-order valence-corrected chi connectivity index (χ4v) is 9.78. The highest BCUT2D eigenvalue weighted by Crippen LogP contribution is 2.46. The Balaban J connectivity index is 1.23. The molecular weight excluding hydrogens is 843 g/mol. The van der Waals surface area contributed by atoms with Crippen LogP contribution >= 0.6 is 0 Å². The number of hydrogen-bond acceptors (Lipinski definition) is 8. The molecule has 0 aliphatic carbocycles. The van der Waals surface area contributed by atoms with Crippen LogP contribution in [0.1, 0.15) is 81.1 Å². The molecule has 0 bridgehead atoms. The van der Waals surface area contributed by atoms with Gasteiger partial charge in [0.1, 0.15) is 23.6 Å². The van der Waals surface area contributed by atoms with Gasteiger partial charge in [0.25, 0.3) is 0 Å². The van der Waals surface area contributed by atoms with Crippen molar-refractivity contribution in [3.05, 3.63) is 198 Å². The Kier molecular flexibility index (Phi) is 15.3. The number of hydrogen-bond donors (Lipinski definition) is 1. The van der Waals surface area contributed by atoms with Gasteiger partial charge in [-0.2, -0.15) is 0 Å². The largest absolute Gasteiger partial charge is 0.544 e. The zero-order valence-corrected chi connectivity index (χ0v) is 40.2. The van der Waals surface area contributed by atoms with Crippen molar-refractivity contribution in [1.29, 1.82) is 0 Å². The number of rotatable bonds is 19. The molecule has 2 saturated heterocycles. The third-order valence-corrected chi connectivity index (χ3v) is 17.8. The van der Waals surface area contributed by atoms with Gasteiger partial charge in [-0.1, -0.05) is 179 Å². The third-order valence-electron chi connectivity index (χ3n) is 13.5. The molecule has 2 heterocycles. The van der Waals surface area contributed by atoms with Crippen molar-refractivity contribution in [2.75, 3.05) is 13.2 Å². The Hall–Kier alpha value is -5.62. The minimum Gasteiger partial charge on any atom is -0.544 e. The van der Waals surface area contributed by atoms with E-state index in [9.17, 15) is 14.7 Å². The van der Waals surface area contributed by atoms with E-state index in [4.69, 9.17) is 23.4 Å². The summed E-state index contributed by atoms with van der Waals surface area (Å²) in [5.74, 6) is -0.640. The van der Waals surface area contributed by atoms with Crippen LogP contribution in [0.4, 0.5) is 4.79 Å². The van der Waals surface area contributed by atoms with E-state index in [-0.39, 0.29) is 24.7 Å². The maximum absolute atomic E-state index is 14.3. The van der Waals surface area contributed by atoms with E-state index in [0.717, 1.165) is 33.6 Å². The standard InChI is InChI=1S/C56H65NO8Si/c1-8-22-50-55(64-52(63-50)42-31-33-47(34-32-42)65-66(6,7)54(3,4)5,36-35-49(58)48(9-2)51(59)57-46(40-61-53(57)60)39-41-23-14-10-15-24-41)37-38-62-56(43-25-16-11-17-26-43,44-27-18-12-19-28-44)45-29-20-13-21-30-45/h8,10-21,23-36,46,48-50,52,58H,1,9,22,37-40H2,2-7H3/t46-,48-,49+,50-,52-,55+/m1/s1. The van der Waals surface area contributed by atoms with Crippen LogP contribution < -0.4 is 4.43 Å². The first-order valence-corrected chi connectivity index (χ1v) is 26.1. The van der Waals surface area contributed by atoms with Gasteiger partial charge in [-0.05, 0) is 71.8 Å². The highest BCUT2D eigenvalue weighted by Gasteiger charge is 2.50. The van der Waals surface area contributed by atoms with Crippen LogP contribution in [0.5, 0.6) is 5.75 Å². The third kappa shape index (κ3) is 10.5. The molecular formula is C56H65NO8Si. The van der Waals surface area contributed by atoms with Crippen molar-refractivity contribution < 1.29 is 38.1 Å². The lowest BCUT2D eigenvalue weighted by Crippen LogP contribution is -2.46. The second kappa shape index (κ2) is 20.9. The van der Waals surface area contributed by atoms with E-state index < -0.39 is 62.0 Å². The van der Waals surface area contributed by atoms with Gasteiger partial charge in [0.2, 0.25) is 14.2 Å². The predicted molar refractivity (Wildman–Crippen MR) is 261 cm³/mol. The van der Waals surface area contributed by atoms with Crippen molar-refractivity contribution in [2.24, 2.45) is 5.92 Å². The van der Waals surface area contributed by atoms with Gasteiger partial charge in [-0.15, -0.1) is 6.58 Å². The van der Waals surface area contributed by atoms with Crippen LogP contribution in [-0.2, 0) is 35.8 Å². The van der Waals surface area contributed by atoms with Crippen molar-refractivity contribution in [1.82, 2.24) is 4.90 Å². The fourth-order valence-electron chi connectivity index (χ4n) is 8.75. The Labute approximate surface area is 392 Å². The number of cyclic esters (lactones) is 1. The summed E-state index contributed by atoms with van der Waals surface area (Å²) in [6, 6.07) is 47.7. The highest BCUT2D eigenvalue weighted by atomic mass is 28.4. The first-order chi connectivity index (χ1) is 31.7. The monoisotopic (exact) mass is 907 g/mol. The smallest absolute Gasteiger partial charge is 0.416 e. The molecule has 2 fully saturated rings. The van der Waals surface area contributed by atoms with E-state index in [1.165, 1.54) is 4.90 Å². The van der Waals surface area contributed by atoms with Gasteiger partial charge in [-0.3, -0.25) is 4.79 Å². The first-order valence-electron chi connectivity index (χ1n) is 23.2. The minimum atomic E-state index is -2.09. The summed E-state index contributed by atoms with van der Waals surface area (Å²) in [4.78, 5) is 28.6. The number of aliphatic hydroxyl groups excluding tert-OH is 1. The number of imide groups is 1. The average Bonchev–Trinajstić information content (AvgIpc) is 3.87. The van der Waals surface area contributed by atoms with E-state index in [0.29, 0.717) is 19.3 Å². The fraction of sp³-hybridized carbons (Fsp3) is 0.357. The Morgan fingerprint density at radius 2 is 1.41 bits per heavy atom. The highest BCUT2D eigenvalue weighted by molar-refractivity contribution is 6.74. The normalized spacial score (nSPS) is 21.1. The van der Waals surface area contributed by atoms with E-state index in [1.807, 2.05) is 122 Å². The Morgan fingerprint density at radius 1 is 0.864 bits per heavy atom. The van der Waals surface area contributed by atoms with Gasteiger partial charge < -0.3 is 28.5 Å². The molecule has 5 aromatic rings. The van der Waals surface area contributed by atoms with Crippen molar-refractivity contribution in [2.45, 2.75) is 107 Å². The SMILES string of the molecule is C=CC[C@H]1O[C@@H](c2ccc(O[Si](C)(C)C(C)(C)C)cc2)O[C@@]1(C=C[C@H](O)[C@@H](CC)C(=O)N1C(=O)OC[C@H]1Cc1ccccc1)CCOC(c1ccccc1)(c1ccccc1)c1ccccc1. The molecule has 10 heteroatoms. The van der Waals surface area contributed by atoms with E-state index in [2.05, 4.69) is 76.8 Å². The van der Waals surface area contributed by atoms with Crippen molar-refractivity contribution in [3.63, 3.8) is 0 Å². The zero-order valence-electron chi connectivity index (χ0n) is 39.2. The molecule has 346 valence electrons. The van der Waals surface area contributed by atoms with Gasteiger partial charge in [-0.25, -0.2) is 9.69 Å². The van der Waals surface area contributed by atoms with Crippen molar-refractivity contribution in [3.8, 4) is 5.75 Å². The molecule has 0 aromatic heterocycles. The summed E-state index contributed by atoms with van der Waals surface area (Å²) in [7, 11) is -2.09. The van der Waals surface area contributed by atoms with E-state index >= 15 is 0 Å². The number of carbonyl (C=O) groups excluding carboxylic acids is 2. The summed E-state index contributed by atoms with van der Waals surface area (Å²) in [5.41, 5.74) is 2.49. The Bertz CT molecular complexity index is 2290. The number of ether oxygens (including phenoxy) is 4. The summed E-state index contributed by atoms with van der Waals surface area (Å²) in [6.07, 6.45) is 3.36. The topological polar surface area (TPSA) is 104 Å². The molecule has 66 heavy (non-hydrogen) atoms. The maximum atomic E-state index is 14.3. The molecule has 9 nitrogen and oxygen atoms in total. The predicted octanol–water partition coefficient (Wildman–Crippen LogP) is 11.7. The molecule has 1 N–H and O–H groups in total. The van der Waals surface area contributed by atoms with Crippen LogP contribution in [0.25, 0.3) is 0 Å². The molecule has 5 aromatic carbocycles. The number of carbonyl (C=O) groups is 2. The Morgan fingerprint density at radius 3 is 1.92 bits per heavy atom. The molecule has 2 amide bonds. The van der Waals surface area contributed by atoms with Crippen LogP contribution in [0.2, 0.25) is 18.1 Å². The molecule has 0 unspecified atom stereocenters. The molecule has 2 aliphatic rings. The zero-order chi connectivity index (χ0) is 47.0. The molecule has 0 spiro atoms. The van der Waals surface area contributed by atoms with Crippen LogP contribution in [0, 0.1) is 5.92 Å². The summed E-state index contributed by atoms with van der Waals surface area (Å²) < 4.78 is 33.2.